The average Bonchev–Trinajstić information content (AvgIpc) is 3.06. The number of ether oxygens (including phenoxy) is 1. The Morgan fingerprint density at radius 1 is 1.07 bits per heavy atom. The van der Waals surface area contributed by atoms with Crippen LogP contribution in [0.15, 0.2) is 36.4 Å². The molecule has 152 valence electrons. The fourth-order valence-corrected chi connectivity index (χ4v) is 4.46. The lowest BCUT2D eigenvalue weighted by Gasteiger charge is -2.29. The van der Waals surface area contributed by atoms with Crippen molar-refractivity contribution < 1.29 is 13.5 Å². The van der Waals surface area contributed by atoms with Crippen molar-refractivity contribution in [2.45, 2.75) is 32.7 Å². The van der Waals surface area contributed by atoms with Crippen LogP contribution < -0.4 is 0 Å². The van der Waals surface area contributed by atoms with Gasteiger partial charge in [-0.25, -0.2) is 8.78 Å². The number of halogens is 4. The molecule has 6 heteroatoms. The predicted molar refractivity (Wildman–Crippen MR) is 110 cm³/mol. The van der Waals surface area contributed by atoms with Crippen molar-refractivity contribution >= 4 is 23.2 Å². The van der Waals surface area contributed by atoms with Crippen LogP contribution in [0.4, 0.5) is 8.78 Å². The minimum Gasteiger partial charge on any atom is -0.381 e. The van der Waals surface area contributed by atoms with Gasteiger partial charge in [0.2, 0.25) is 0 Å². The lowest BCUT2D eigenvalue weighted by atomic mass is 9.82. The Balaban J connectivity index is 1.68. The fourth-order valence-electron chi connectivity index (χ4n) is 3.88. The van der Waals surface area contributed by atoms with Crippen molar-refractivity contribution in [1.82, 2.24) is 4.90 Å². The van der Waals surface area contributed by atoms with E-state index >= 15 is 0 Å². The lowest BCUT2D eigenvalue weighted by molar-refractivity contribution is 0.0489. The molecule has 2 nitrogen and oxygen atoms in total. The first kappa shape index (κ1) is 21.5. The Morgan fingerprint density at radius 2 is 1.75 bits per heavy atom. The average molecular weight is 428 g/mol. The van der Waals surface area contributed by atoms with E-state index in [0.29, 0.717) is 29.8 Å². The first-order valence-electron chi connectivity index (χ1n) is 9.59. The van der Waals surface area contributed by atoms with Crippen molar-refractivity contribution in [2.75, 3.05) is 26.3 Å². The normalized spacial score (nSPS) is 20.0. The molecule has 28 heavy (non-hydrogen) atoms. The van der Waals surface area contributed by atoms with Gasteiger partial charge in [-0.05, 0) is 62.6 Å². The fraction of sp³-hybridized carbons (Fsp3) is 0.455. The van der Waals surface area contributed by atoms with E-state index in [9.17, 15) is 8.78 Å². The van der Waals surface area contributed by atoms with Crippen LogP contribution in [0.2, 0.25) is 10.0 Å². The zero-order valence-electron chi connectivity index (χ0n) is 16.0. The molecule has 0 aromatic heterocycles. The Hall–Kier alpha value is -1.20. The molecule has 1 aliphatic rings. The van der Waals surface area contributed by atoms with E-state index in [1.165, 1.54) is 24.3 Å². The molecule has 3 rings (SSSR count). The number of rotatable bonds is 8. The maximum absolute atomic E-state index is 13.4. The molecule has 1 saturated heterocycles. The first-order valence-corrected chi connectivity index (χ1v) is 10.3. The lowest BCUT2D eigenvalue weighted by Crippen LogP contribution is -2.32. The third-order valence-corrected chi connectivity index (χ3v) is 6.15. The second-order valence-corrected chi connectivity index (χ2v) is 8.39. The third kappa shape index (κ3) is 5.44. The Morgan fingerprint density at radius 3 is 2.39 bits per heavy atom. The van der Waals surface area contributed by atoms with Crippen molar-refractivity contribution in [1.29, 1.82) is 0 Å². The van der Waals surface area contributed by atoms with Crippen LogP contribution in [0.3, 0.4) is 0 Å². The minimum absolute atomic E-state index is 0.0311. The maximum atomic E-state index is 13.4. The number of likely N-dealkylation sites (tertiary alicyclic amines) is 1. The van der Waals surface area contributed by atoms with E-state index < -0.39 is 5.82 Å². The molecule has 2 aromatic rings. The molecule has 2 aromatic carbocycles. The highest BCUT2D eigenvalue weighted by molar-refractivity contribution is 6.36. The van der Waals surface area contributed by atoms with Gasteiger partial charge in [-0.15, -0.1) is 0 Å². The minimum atomic E-state index is -0.426. The van der Waals surface area contributed by atoms with Crippen LogP contribution in [0.25, 0.3) is 0 Å². The maximum Gasteiger partial charge on any atom is 0.126 e. The number of aryl methyl sites for hydroxylation is 1. The number of nitrogens with zero attached hydrogens (tertiary/aromatic N) is 1. The van der Waals surface area contributed by atoms with E-state index in [4.69, 9.17) is 27.9 Å². The molecule has 0 radical (unpaired) electrons. The number of benzene rings is 2. The molecule has 1 aliphatic heterocycles. The van der Waals surface area contributed by atoms with Gasteiger partial charge < -0.3 is 4.74 Å². The van der Waals surface area contributed by atoms with Gasteiger partial charge in [-0.3, -0.25) is 4.90 Å². The van der Waals surface area contributed by atoms with E-state index in [2.05, 4.69) is 4.90 Å². The molecule has 0 spiro atoms. The summed E-state index contributed by atoms with van der Waals surface area (Å²) in [6.45, 7) is 5.71. The zero-order chi connectivity index (χ0) is 20.1. The van der Waals surface area contributed by atoms with E-state index in [1.807, 2.05) is 19.1 Å². The van der Waals surface area contributed by atoms with Crippen molar-refractivity contribution in [3.63, 3.8) is 0 Å². The monoisotopic (exact) mass is 427 g/mol. The molecule has 1 fully saturated rings. The number of hydrogen-bond acceptors (Lipinski definition) is 2. The molecule has 1 atom stereocenters. The summed E-state index contributed by atoms with van der Waals surface area (Å²) in [4.78, 5) is 2.30. The summed E-state index contributed by atoms with van der Waals surface area (Å²) in [6.07, 6.45) is 2.84. The highest BCUT2D eigenvalue weighted by atomic mass is 35.5. The summed E-state index contributed by atoms with van der Waals surface area (Å²) in [6, 6.07) is 9.30. The molecular formula is C22H25Cl2F2NO. The van der Waals surface area contributed by atoms with Crippen LogP contribution >= 0.6 is 23.2 Å². The van der Waals surface area contributed by atoms with E-state index in [-0.39, 0.29) is 11.2 Å². The summed E-state index contributed by atoms with van der Waals surface area (Å²) >= 11 is 12.4. The van der Waals surface area contributed by atoms with E-state index in [1.54, 1.807) is 0 Å². The summed E-state index contributed by atoms with van der Waals surface area (Å²) in [7, 11) is 0. The second-order valence-electron chi connectivity index (χ2n) is 7.57. The van der Waals surface area contributed by atoms with Crippen LogP contribution in [-0.2, 0) is 17.7 Å². The van der Waals surface area contributed by atoms with Gasteiger partial charge in [0.05, 0.1) is 6.61 Å². The van der Waals surface area contributed by atoms with Crippen LogP contribution in [-0.4, -0.2) is 31.2 Å². The molecule has 0 N–H and O–H groups in total. The Kier molecular flexibility index (Phi) is 7.32. The molecule has 0 bridgehead atoms. The van der Waals surface area contributed by atoms with Gasteiger partial charge in [0, 0.05) is 40.7 Å². The van der Waals surface area contributed by atoms with Crippen LogP contribution in [0.5, 0.6) is 0 Å². The summed E-state index contributed by atoms with van der Waals surface area (Å²) in [5, 5.41) is 0.720. The summed E-state index contributed by atoms with van der Waals surface area (Å²) < 4.78 is 32.4. The second kappa shape index (κ2) is 9.53. The van der Waals surface area contributed by atoms with Gasteiger partial charge in [0.1, 0.15) is 11.6 Å². The van der Waals surface area contributed by atoms with Crippen LogP contribution in [0.1, 0.15) is 30.9 Å². The molecule has 0 saturated carbocycles. The Bertz CT molecular complexity index is 777. The SMILES string of the molecule is CCOC[C@]1(CCc2ccc(F)cc2)CCN(Cc2c(Cl)cc(F)cc2Cl)C1. The van der Waals surface area contributed by atoms with Gasteiger partial charge in [-0.2, -0.15) is 0 Å². The molecule has 1 heterocycles. The highest BCUT2D eigenvalue weighted by Gasteiger charge is 2.38. The summed E-state index contributed by atoms with van der Waals surface area (Å²) in [5.41, 5.74) is 1.92. The van der Waals surface area contributed by atoms with E-state index in [0.717, 1.165) is 43.5 Å². The Labute approximate surface area is 175 Å². The molecule has 0 amide bonds. The third-order valence-electron chi connectivity index (χ3n) is 5.47. The van der Waals surface area contributed by atoms with Gasteiger partial charge in [0.25, 0.3) is 0 Å². The standard InChI is InChI=1S/C22H25Cl2F2NO/c1-2-28-15-22(8-7-16-3-5-17(25)6-4-16)9-10-27(14-22)13-19-20(23)11-18(26)12-21(19)24/h3-6,11-12H,2,7-10,13-15H2,1H3/t22-/m1/s1. The zero-order valence-corrected chi connectivity index (χ0v) is 17.5. The molecule has 0 unspecified atom stereocenters. The smallest absolute Gasteiger partial charge is 0.126 e. The van der Waals surface area contributed by atoms with Crippen molar-refractivity contribution in [2.24, 2.45) is 5.41 Å². The first-order chi connectivity index (χ1) is 13.4. The van der Waals surface area contributed by atoms with Crippen molar-refractivity contribution in [3.05, 3.63) is 69.2 Å². The van der Waals surface area contributed by atoms with Crippen LogP contribution in [0, 0.1) is 17.0 Å². The van der Waals surface area contributed by atoms with Crippen molar-refractivity contribution in [3.8, 4) is 0 Å². The number of hydrogen-bond donors (Lipinski definition) is 0. The van der Waals surface area contributed by atoms with Gasteiger partial charge in [0.15, 0.2) is 0 Å². The largest absolute Gasteiger partial charge is 0.381 e. The molecule has 0 aliphatic carbocycles. The highest BCUT2D eigenvalue weighted by Crippen LogP contribution is 2.38. The predicted octanol–water partition coefficient (Wildman–Crippen LogP) is 6.13. The molecular weight excluding hydrogens is 403 g/mol. The topological polar surface area (TPSA) is 12.5 Å². The quantitative estimate of drug-likeness (QED) is 0.501. The van der Waals surface area contributed by atoms with Gasteiger partial charge >= 0.3 is 0 Å². The van der Waals surface area contributed by atoms with Gasteiger partial charge in [-0.1, -0.05) is 35.3 Å². The summed E-state index contributed by atoms with van der Waals surface area (Å²) in [5.74, 6) is -0.641.